The smallest absolute Gasteiger partial charge is 0.0407 e. The molecule has 0 aliphatic carbocycles. The Hall–Kier alpha value is -0.730. The Labute approximate surface area is 122 Å². The van der Waals surface area contributed by atoms with Crippen molar-refractivity contribution in [2.75, 3.05) is 24.5 Å². The van der Waals surface area contributed by atoms with Crippen molar-refractivity contribution in [2.24, 2.45) is 5.92 Å². The Morgan fingerprint density at radius 3 is 2.74 bits per heavy atom. The molecule has 1 aromatic rings. The van der Waals surface area contributed by atoms with Crippen molar-refractivity contribution in [3.05, 3.63) is 29.3 Å². The van der Waals surface area contributed by atoms with Gasteiger partial charge < -0.3 is 10.2 Å². The number of benzene rings is 1. The Morgan fingerprint density at radius 1 is 1.32 bits per heavy atom. The van der Waals surface area contributed by atoms with Gasteiger partial charge in [0.15, 0.2) is 0 Å². The molecule has 1 unspecified atom stereocenters. The first-order chi connectivity index (χ1) is 9.15. The summed E-state index contributed by atoms with van der Waals surface area (Å²) in [4.78, 5) is 2.47. The zero-order valence-corrected chi connectivity index (χ0v) is 12.8. The minimum atomic E-state index is 0.628. The van der Waals surface area contributed by atoms with Crippen molar-refractivity contribution >= 4 is 17.3 Å². The van der Waals surface area contributed by atoms with Crippen LogP contribution in [0.1, 0.15) is 33.1 Å². The monoisotopic (exact) mass is 280 g/mol. The summed E-state index contributed by atoms with van der Waals surface area (Å²) < 4.78 is 0. The molecule has 0 saturated carbocycles. The first kappa shape index (κ1) is 14.7. The molecule has 1 aliphatic rings. The van der Waals surface area contributed by atoms with Crippen molar-refractivity contribution in [2.45, 2.75) is 39.2 Å². The molecule has 1 heterocycles. The molecule has 0 bridgehead atoms. The number of rotatable bonds is 5. The van der Waals surface area contributed by atoms with Crippen LogP contribution < -0.4 is 10.2 Å². The van der Waals surface area contributed by atoms with E-state index in [1.807, 2.05) is 12.1 Å². The van der Waals surface area contributed by atoms with Gasteiger partial charge in [-0.1, -0.05) is 25.4 Å². The highest BCUT2D eigenvalue weighted by Gasteiger charge is 2.19. The Kier molecular flexibility index (Phi) is 5.53. The standard InChI is InChI=1S/C16H25ClN2/c1-13(2)9-10-18-15-4-3-11-19(12-15)16-7-5-14(17)6-8-16/h5-8,13,15,18H,3-4,9-12H2,1-2H3. The third-order valence-corrected chi connectivity index (χ3v) is 4.02. The van der Waals surface area contributed by atoms with E-state index in [9.17, 15) is 0 Å². The summed E-state index contributed by atoms with van der Waals surface area (Å²) in [5.74, 6) is 0.781. The molecule has 1 atom stereocenters. The fraction of sp³-hybridized carbons (Fsp3) is 0.625. The molecule has 1 fully saturated rings. The summed E-state index contributed by atoms with van der Waals surface area (Å²) in [6.07, 6.45) is 3.82. The topological polar surface area (TPSA) is 15.3 Å². The van der Waals surface area contributed by atoms with Crippen LogP contribution in [0.15, 0.2) is 24.3 Å². The molecule has 0 spiro atoms. The molecule has 3 heteroatoms. The SMILES string of the molecule is CC(C)CCNC1CCCN(c2ccc(Cl)cc2)C1. The minimum absolute atomic E-state index is 0.628. The number of anilines is 1. The second-order valence-corrected chi connectivity index (χ2v) is 6.33. The van der Waals surface area contributed by atoms with E-state index in [0.29, 0.717) is 6.04 Å². The van der Waals surface area contributed by atoms with Gasteiger partial charge in [0, 0.05) is 29.8 Å². The van der Waals surface area contributed by atoms with Crippen molar-refractivity contribution in [3.8, 4) is 0 Å². The first-order valence-electron chi connectivity index (χ1n) is 7.39. The maximum atomic E-state index is 5.95. The fourth-order valence-electron chi connectivity index (χ4n) is 2.61. The Balaban J connectivity index is 1.84. The van der Waals surface area contributed by atoms with Gasteiger partial charge in [0.1, 0.15) is 0 Å². The molecular weight excluding hydrogens is 256 g/mol. The fourth-order valence-corrected chi connectivity index (χ4v) is 2.73. The third kappa shape index (κ3) is 4.70. The summed E-state index contributed by atoms with van der Waals surface area (Å²) in [7, 11) is 0. The Bertz CT molecular complexity index is 375. The lowest BCUT2D eigenvalue weighted by Crippen LogP contribution is -2.46. The second kappa shape index (κ2) is 7.16. The van der Waals surface area contributed by atoms with Gasteiger partial charge in [-0.05, 0) is 56.0 Å². The van der Waals surface area contributed by atoms with E-state index >= 15 is 0 Å². The van der Waals surface area contributed by atoms with Gasteiger partial charge in [0.2, 0.25) is 0 Å². The summed E-state index contributed by atoms with van der Waals surface area (Å²) in [6, 6.07) is 8.83. The lowest BCUT2D eigenvalue weighted by Gasteiger charge is -2.35. The maximum absolute atomic E-state index is 5.95. The van der Waals surface area contributed by atoms with Crippen LogP contribution in [-0.4, -0.2) is 25.7 Å². The molecule has 0 amide bonds. The number of piperidine rings is 1. The van der Waals surface area contributed by atoms with Gasteiger partial charge in [-0.3, -0.25) is 0 Å². The molecular formula is C16H25ClN2. The van der Waals surface area contributed by atoms with Crippen LogP contribution in [0.2, 0.25) is 5.02 Å². The van der Waals surface area contributed by atoms with E-state index in [4.69, 9.17) is 11.6 Å². The molecule has 1 N–H and O–H groups in total. The summed E-state index contributed by atoms with van der Waals surface area (Å²) in [5, 5.41) is 4.51. The number of nitrogens with one attached hydrogen (secondary N) is 1. The Morgan fingerprint density at radius 2 is 2.05 bits per heavy atom. The van der Waals surface area contributed by atoms with Gasteiger partial charge >= 0.3 is 0 Å². The lowest BCUT2D eigenvalue weighted by molar-refractivity contribution is 0.406. The normalized spacial score (nSPS) is 20.0. The quantitative estimate of drug-likeness (QED) is 0.879. The first-order valence-corrected chi connectivity index (χ1v) is 7.77. The summed E-state index contributed by atoms with van der Waals surface area (Å²) >= 11 is 5.95. The average molecular weight is 281 g/mol. The summed E-state index contributed by atoms with van der Waals surface area (Å²) in [5.41, 5.74) is 1.29. The van der Waals surface area contributed by atoms with E-state index in [0.717, 1.165) is 30.6 Å². The van der Waals surface area contributed by atoms with Crippen LogP contribution >= 0.6 is 11.6 Å². The van der Waals surface area contributed by atoms with E-state index in [1.165, 1.54) is 24.9 Å². The molecule has 106 valence electrons. The third-order valence-electron chi connectivity index (χ3n) is 3.77. The van der Waals surface area contributed by atoms with E-state index in [2.05, 4.69) is 36.2 Å². The molecule has 2 rings (SSSR count). The summed E-state index contributed by atoms with van der Waals surface area (Å²) in [6.45, 7) is 7.96. The number of nitrogens with zero attached hydrogens (tertiary/aromatic N) is 1. The number of hydrogen-bond acceptors (Lipinski definition) is 2. The highest BCUT2D eigenvalue weighted by Crippen LogP contribution is 2.22. The molecule has 19 heavy (non-hydrogen) atoms. The minimum Gasteiger partial charge on any atom is -0.370 e. The van der Waals surface area contributed by atoms with E-state index in [-0.39, 0.29) is 0 Å². The zero-order chi connectivity index (χ0) is 13.7. The predicted molar refractivity (Wildman–Crippen MR) is 84.1 cm³/mol. The molecule has 0 aromatic heterocycles. The molecule has 0 radical (unpaired) electrons. The highest BCUT2D eigenvalue weighted by atomic mass is 35.5. The van der Waals surface area contributed by atoms with Gasteiger partial charge in [-0.2, -0.15) is 0 Å². The average Bonchev–Trinajstić information content (AvgIpc) is 2.39. The van der Waals surface area contributed by atoms with Crippen LogP contribution in [0.3, 0.4) is 0 Å². The number of hydrogen-bond donors (Lipinski definition) is 1. The van der Waals surface area contributed by atoms with Gasteiger partial charge in [0.05, 0.1) is 0 Å². The van der Waals surface area contributed by atoms with Crippen molar-refractivity contribution in [1.82, 2.24) is 5.32 Å². The van der Waals surface area contributed by atoms with Crippen LogP contribution in [0.25, 0.3) is 0 Å². The van der Waals surface area contributed by atoms with Crippen molar-refractivity contribution < 1.29 is 0 Å². The molecule has 2 nitrogen and oxygen atoms in total. The molecule has 1 saturated heterocycles. The van der Waals surface area contributed by atoms with Gasteiger partial charge in [0.25, 0.3) is 0 Å². The van der Waals surface area contributed by atoms with E-state index < -0.39 is 0 Å². The maximum Gasteiger partial charge on any atom is 0.0407 e. The van der Waals surface area contributed by atoms with Crippen molar-refractivity contribution in [3.63, 3.8) is 0 Å². The van der Waals surface area contributed by atoms with Crippen LogP contribution in [0, 0.1) is 5.92 Å². The van der Waals surface area contributed by atoms with Gasteiger partial charge in [-0.15, -0.1) is 0 Å². The van der Waals surface area contributed by atoms with Crippen LogP contribution in [0.5, 0.6) is 0 Å². The zero-order valence-electron chi connectivity index (χ0n) is 12.0. The second-order valence-electron chi connectivity index (χ2n) is 5.90. The van der Waals surface area contributed by atoms with Crippen LogP contribution in [0.4, 0.5) is 5.69 Å². The highest BCUT2D eigenvalue weighted by molar-refractivity contribution is 6.30. The molecule has 1 aromatic carbocycles. The van der Waals surface area contributed by atoms with Crippen molar-refractivity contribution in [1.29, 1.82) is 0 Å². The lowest BCUT2D eigenvalue weighted by atomic mass is 10.0. The predicted octanol–water partition coefficient (Wildman–Crippen LogP) is 3.94. The molecule has 1 aliphatic heterocycles. The largest absolute Gasteiger partial charge is 0.370 e. The van der Waals surface area contributed by atoms with E-state index in [1.54, 1.807) is 0 Å². The van der Waals surface area contributed by atoms with Crippen LogP contribution in [-0.2, 0) is 0 Å². The van der Waals surface area contributed by atoms with Gasteiger partial charge in [-0.25, -0.2) is 0 Å². The number of halogens is 1.